The zero-order valence-electron chi connectivity index (χ0n) is 11.3. The molecule has 0 aromatic heterocycles. The maximum absolute atomic E-state index is 6.18. The van der Waals surface area contributed by atoms with Crippen LogP contribution in [0.1, 0.15) is 31.7 Å². The van der Waals surface area contributed by atoms with Crippen molar-refractivity contribution in [2.75, 3.05) is 12.3 Å². The molecule has 3 nitrogen and oxygen atoms in total. The number of rotatable bonds is 5. The molecule has 0 aliphatic carbocycles. The first-order chi connectivity index (χ1) is 9.70. The lowest BCUT2D eigenvalue weighted by Gasteiger charge is -2.14. The maximum atomic E-state index is 6.18. The van der Waals surface area contributed by atoms with Gasteiger partial charge < -0.3 is 5.32 Å². The lowest BCUT2D eigenvalue weighted by molar-refractivity contribution is 0.697. The van der Waals surface area contributed by atoms with E-state index in [4.69, 9.17) is 23.2 Å². The molecule has 108 valence electrons. The summed E-state index contributed by atoms with van der Waals surface area (Å²) in [6.07, 6.45) is 3.62. The Kier molecular flexibility index (Phi) is 6.20. The number of hydrogen-bond donors (Lipinski definition) is 1. The summed E-state index contributed by atoms with van der Waals surface area (Å²) in [7, 11) is 0. The van der Waals surface area contributed by atoms with Gasteiger partial charge in [0.05, 0.1) is 10.7 Å². The topological polar surface area (TPSA) is 36.8 Å². The van der Waals surface area contributed by atoms with E-state index in [0.717, 1.165) is 35.2 Å². The summed E-state index contributed by atoms with van der Waals surface area (Å²) >= 11 is 13.7. The van der Waals surface area contributed by atoms with Gasteiger partial charge in [0.15, 0.2) is 5.17 Å². The Balaban J connectivity index is 1.98. The van der Waals surface area contributed by atoms with Crippen molar-refractivity contribution in [3.05, 3.63) is 33.8 Å². The summed E-state index contributed by atoms with van der Waals surface area (Å²) in [5.41, 5.74) is 1.79. The van der Waals surface area contributed by atoms with Crippen molar-refractivity contribution in [1.29, 1.82) is 0 Å². The minimum Gasteiger partial charge on any atom is -0.363 e. The van der Waals surface area contributed by atoms with E-state index in [0.29, 0.717) is 10.0 Å². The van der Waals surface area contributed by atoms with Crippen molar-refractivity contribution >= 4 is 45.8 Å². The molecule has 1 aliphatic rings. The molecule has 20 heavy (non-hydrogen) atoms. The van der Waals surface area contributed by atoms with Crippen LogP contribution in [0.2, 0.25) is 10.0 Å². The van der Waals surface area contributed by atoms with Crippen LogP contribution in [0.25, 0.3) is 0 Å². The Morgan fingerprint density at radius 2 is 2.10 bits per heavy atom. The van der Waals surface area contributed by atoms with E-state index >= 15 is 0 Å². The maximum Gasteiger partial charge on any atom is 0.183 e. The van der Waals surface area contributed by atoms with E-state index < -0.39 is 0 Å². The third-order valence-electron chi connectivity index (χ3n) is 2.91. The SMILES string of the molecule is CCCCCNC1=NN=C(c2ccc(Cl)cc2Cl)CS1. The summed E-state index contributed by atoms with van der Waals surface area (Å²) in [5, 5.41) is 13.9. The highest BCUT2D eigenvalue weighted by molar-refractivity contribution is 8.14. The van der Waals surface area contributed by atoms with Crippen molar-refractivity contribution in [3.8, 4) is 0 Å². The summed E-state index contributed by atoms with van der Waals surface area (Å²) < 4.78 is 0. The molecule has 2 rings (SSSR count). The number of benzene rings is 1. The first-order valence-electron chi connectivity index (χ1n) is 6.67. The lowest BCUT2D eigenvalue weighted by atomic mass is 10.1. The molecule has 0 atom stereocenters. The van der Waals surface area contributed by atoms with Crippen LogP contribution in [0.4, 0.5) is 0 Å². The van der Waals surface area contributed by atoms with Gasteiger partial charge in [0.1, 0.15) is 0 Å². The van der Waals surface area contributed by atoms with Crippen LogP contribution in [0.15, 0.2) is 28.4 Å². The fourth-order valence-corrected chi connectivity index (χ4v) is 3.12. The van der Waals surface area contributed by atoms with Crippen molar-refractivity contribution in [2.24, 2.45) is 10.2 Å². The minimum atomic E-state index is 0.617. The third kappa shape index (κ3) is 4.40. The highest BCUT2D eigenvalue weighted by Crippen LogP contribution is 2.24. The molecule has 0 bridgehead atoms. The number of halogens is 2. The quantitative estimate of drug-likeness (QED) is 0.802. The second-order valence-corrected chi connectivity index (χ2v) is 6.31. The van der Waals surface area contributed by atoms with Gasteiger partial charge in [-0.3, -0.25) is 0 Å². The molecule has 0 radical (unpaired) electrons. The van der Waals surface area contributed by atoms with Gasteiger partial charge in [-0.05, 0) is 18.6 Å². The van der Waals surface area contributed by atoms with E-state index in [-0.39, 0.29) is 0 Å². The first kappa shape index (κ1) is 15.7. The molecule has 0 saturated carbocycles. The van der Waals surface area contributed by atoms with Gasteiger partial charge in [-0.1, -0.05) is 60.8 Å². The molecule has 0 unspecified atom stereocenters. The molecular formula is C14H17Cl2N3S. The highest BCUT2D eigenvalue weighted by atomic mass is 35.5. The lowest BCUT2D eigenvalue weighted by Crippen LogP contribution is -2.25. The van der Waals surface area contributed by atoms with Gasteiger partial charge in [0.25, 0.3) is 0 Å². The zero-order valence-corrected chi connectivity index (χ0v) is 13.7. The Labute approximate surface area is 133 Å². The van der Waals surface area contributed by atoms with Crippen LogP contribution in [-0.4, -0.2) is 23.2 Å². The number of nitrogens with one attached hydrogen (secondary N) is 1. The Hall–Kier alpha value is -0.710. The Morgan fingerprint density at radius 3 is 2.75 bits per heavy atom. The van der Waals surface area contributed by atoms with Crippen LogP contribution in [0.3, 0.4) is 0 Å². The Bertz CT molecular complexity index is 529. The molecule has 0 spiro atoms. The molecule has 6 heteroatoms. The fraction of sp³-hybridized carbons (Fsp3) is 0.429. The largest absolute Gasteiger partial charge is 0.363 e. The first-order valence-corrected chi connectivity index (χ1v) is 8.41. The average Bonchev–Trinajstić information content (AvgIpc) is 2.45. The van der Waals surface area contributed by atoms with Crippen molar-refractivity contribution in [2.45, 2.75) is 26.2 Å². The number of unbranched alkanes of at least 4 members (excludes halogenated alkanes) is 2. The summed E-state index contributed by atoms with van der Waals surface area (Å²) in [6, 6.07) is 5.44. The molecule has 1 aromatic carbocycles. The van der Waals surface area contributed by atoms with E-state index in [9.17, 15) is 0 Å². The number of hydrogen-bond acceptors (Lipinski definition) is 4. The van der Waals surface area contributed by atoms with E-state index in [1.807, 2.05) is 12.1 Å². The van der Waals surface area contributed by atoms with Crippen molar-refractivity contribution < 1.29 is 0 Å². The second kappa shape index (κ2) is 7.91. The van der Waals surface area contributed by atoms with Crippen LogP contribution < -0.4 is 5.32 Å². The molecule has 1 aromatic rings. The van der Waals surface area contributed by atoms with Gasteiger partial charge in [-0.15, -0.1) is 5.10 Å². The van der Waals surface area contributed by atoms with Crippen LogP contribution >= 0.6 is 35.0 Å². The number of thioether (sulfide) groups is 1. The monoisotopic (exact) mass is 329 g/mol. The van der Waals surface area contributed by atoms with E-state index in [1.165, 1.54) is 12.8 Å². The zero-order chi connectivity index (χ0) is 14.4. The molecule has 0 fully saturated rings. The van der Waals surface area contributed by atoms with E-state index in [1.54, 1.807) is 17.8 Å². The van der Waals surface area contributed by atoms with Gasteiger partial charge in [0.2, 0.25) is 0 Å². The van der Waals surface area contributed by atoms with E-state index in [2.05, 4.69) is 22.4 Å². The number of amidine groups is 1. The van der Waals surface area contributed by atoms with Gasteiger partial charge in [0, 0.05) is 22.9 Å². The van der Waals surface area contributed by atoms with Crippen LogP contribution in [0.5, 0.6) is 0 Å². The van der Waals surface area contributed by atoms with Gasteiger partial charge in [-0.2, -0.15) is 5.10 Å². The normalized spacial score (nSPS) is 14.8. The van der Waals surface area contributed by atoms with Crippen LogP contribution in [-0.2, 0) is 0 Å². The Morgan fingerprint density at radius 1 is 1.25 bits per heavy atom. The molecule has 1 aliphatic heterocycles. The summed E-state index contributed by atoms with van der Waals surface area (Å²) in [6.45, 7) is 3.14. The second-order valence-electron chi connectivity index (χ2n) is 4.50. The van der Waals surface area contributed by atoms with Gasteiger partial charge >= 0.3 is 0 Å². The third-order valence-corrected chi connectivity index (χ3v) is 4.37. The molecule has 1 N–H and O–H groups in total. The van der Waals surface area contributed by atoms with Gasteiger partial charge in [-0.25, -0.2) is 0 Å². The highest BCUT2D eigenvalue weighted by Gasteiger charge is 2.14. The smallest absolute Gasteiger partial charge is 0.183 e. The molecular weight excluding hydrogens is 313 g/mol. The average molecular weight is 330 g/mol. The summed E-state index contributed by atoms with van der Waals surface area (Å²) in [5.74, 6) is 0.765. The molecule has 0 amide bonds. The van der Waals surface area contributed by atoms with Crippen molar-refractivity contribution in [3.63, 3.8) is 0 Å². The van der Waals surface area contributed by atoms with Crippen molar-refractivity contribution in [1.82, 2.24) is 5.32 Å². The molecule has 1 heterocycles. The predicted molar refractivity (Wildman–Crippen MR) is 90.4 cm³/mol. The van der Waals surface area contributed by atoms with Crippen LogP contribution in [0, 0.1) is 0 Å². The summed E-state index contributed by atoms with van der Waals surface area (Å²) in [4.78, 5) is 0. The number of nitrogens with zero attached hydrogens (tertiary/aromatic N) is 2. The standard InChI is InChI=1S/C14H17Cl2N3S/c1-2-3-4-7-17-14-19-18-13(9-20-14)11-6-5-10(15)8-12(11)16/h5-6,8H,2-4,7,9H2,1H3,(H,17,19). The predicted octanol–water partition coefficient (Wildman–Crippen LogP) is 4.58. The molecule has 0 saturated heterocycles. The fourth-order valence-electron chi connectivity index (χ4n) is 1.81. The minimum absolute atomic E-state index is 0.617.